The van der Waals surface area contributed by atoms with Crippen LogP contribution in [-0.4, -0.2) is 11.4 Å². The Labute approximate surface area is 75.2 Å². The second-order valence-corrected chi connectivity index (χ2v) is 3.26. The number of carbonyl (C=O) groups is 1. The second-order valence-electron chi connectivity index (χ2n) is 2.26. The van der Waals surface area contributed by atoms with Gasteiger partial charge in [0.2, 0.25) is 0 Å². The molecular formula is C9H10O2S. The molecule has 0 saturated heterocycles. The van der Waals surface area contributed by atoms with Gasteiger partial charge in [-0.3, -0.25) is 0 Å². The standard InChI is InChI=1S/C9H10O2S/c10-5-2-1-3-8-4-6-12-9(8)7-11/h1,3-6,11H,2,7H2. The van der Waals surface area contributed by atoms with Crippen molar-refractivity contribution in [2.24, 2.45) is 0 Å². The topological polar surface area (TPSA) is 37.3 Å². The number of thiophene rings is 1. The lowest BCUT2D eigenvalue weighted by Crippen LogP contribution is -1.79. The maximum absolute atomic E-state index is 9.99. The van der Waals surface area contributed by atoms with Gasteiger partial charge < -0.3 is 9.90 Å². The third-order valence-corrected chi connectivity index (χ3v) is 2.37. The van der Waals surface area contributed by atoms with Crippen LogP contribution in [0.15, 0.2) is 17.5 Å². The van der Waals surface area contributed by atoms with Crippen LogP contribution >= 0.6 is 11.3 Å². The fourth-order valence-corrected chi connectivity index (χ4v) is 1.60. The van der Waals surface area contributed by atoms with Gasteiger partial charge in [-0.15, -0.1) is 11.3 Å². The highest BCUT2D eigenvalue weighted by Gasteiger charge is 1.97. The summed E-state index contributed by atoms with van der Waals surface area (Å²) in [5.41, 5.74) is 1.00. The number of hydrogen-bond donors (Lipinski definition) is 1. The third-order valence-electron chi connectivity index (χ3n) is 1.45. The largest absolute Gasteiger partial charge is 0.391 e. The van der Waals surface area contributed by atoms with Crippen molar-refractivity contribution in [1.29, 1.82) is 0 Å². The summed E-state index contributed by atoms with van der Waals surface area (Å²) in [7, 11) is 0. The van der Waals surface area contributed by atoms with Gasteiger partial charge in [0.05, 0.1) is 6.61 Å². The second kappa shape index (κ2) is 4.85. The van der Waals surface area contributed by atoms with Crippen molar-refractivity contribution in [3.63, 3.8) is 0 Å². The predicted octanol–water partition coefficient (Wildman–Crippen LogP) is 1.84. The molecule has 12 heavy (non-hydrogen) atoms. The van der Waals surface area contributed by atoms with Crippen LogP contribution in [0.2, 0.25) is 0 Å². The van der Waals surface area contributed by atoms with E-state index in [1.165, 1.54) is 11.3 Å². The minimum Gasteiger partial charge on any atom is -0.391 e. The molecule has 1 rings (SSSR count). The van der Waals surface area contributed by atoms with Crippen LogP contribution in [-0.2, 0) is 11.4 Å². The highest BCUT2D eigenvalue weighted by molar-refractivity contribution is 7.10. The first-order valence-corrected chi connectivity index (χ1v) is 4.54. The maximum Gasteiger partial charge on any atom is 0.123 e. The molecule has 0 atom stereocenters. The summed E-state index contributed by atoms with van der Waals surface area (Å²) < 4.78 is 0. The SMILES string of the molecule is O=CCC=Cc1ccsc1CO. The minimum atomic E-state index is 0.0679. The Morgan fingerprint density at radius 3 is 3.08 bits per heavy atom. The molecule has 1 aromatic heterocycles. The Kier molecular flexibility index (Phi) is 3.70. The summed E-state index contributed by atoms with van der Waals surface area (Å²) in [4.78, 5) is 10.9. The summed E-state index contributed by atoms with van der Waals surface area (Å²) in [5, 5.41) is 10.8. The van der Waals surface area contributed by atoms with E-state index < -0.39 is 0 Å². The molecule has 1 N–H and O–H groups in total. The van der Waals surface area contributed by atoms with Crippen molar-refractivity contribution in [1.82, 2.24) is 0 Å². The van der Waals surface area contributed by atoms with Gasteiger partial charge in [-0.2, -0.15) is 0 Å². The Morgan fingerprint density at radius 1 is 1.58 bits per heavy atom. The zero-order valence-electron chi connectivity index (χ0n) is 6.56. The molecule has 1 aromatic rings. The first-order valence-electron chi connectivity index (χ1n) is 3.66. The Hall–Kier alpha value is -0.930. The van der Waals surface area contributed by atoms with Crippen molar-refractivity contribution in [3.05, 3.63) is 28.0 Å². The lowest BCUT2D eigenvalue weighted by Gasteiger charge is -1.91. The van der Waals surface area contributed by atoms with E-state index in [0.29, 0.717) is 6.42 Å². The van der Waals surface area contributed by atoms with Gasteiger partial charge in [-0.25, -0.2) is 0 Å². The van der Waals surface area contributed by atoms with Crippen LogP contribution in [0, 0.1) is 0 Å². The highest BCUT2D eigenvalue weighted by Crippen LogP contribution is 2.17. The van der Waals surface area contributed by atoms with Gasteiger partial charge in [0.1, 0.15) is 6.29 Å². The van der Waals surface area contributed by atoms with E-state index in [1.54, 1.807) is 6.08 Å². The van der Waals surface area contributed by atoms with E-state index in [1.807, 2.05) is 17.5 Å². The molecule has 0 spiro atoms. The molecular weight excluding hydrogens is 172 g/mol. The van der Waals surface area contributed by atoms with Gasteiger partial charge >= 0.3 is 0 Å². The molecule has 0 unspecified atom stereocenters. The van der Waals surface area contributed by atoms with Crippen molar-refractivity contribution >= 4 is 23.7 Å². The number of rotatable bonds is 4. The molecule has 0 bridgehead atoms. The smallest absolute Gasteiger partial charge is 0.123 e. The highest BCUT2D eigenvalue weighted by atomic mass is 32.1. The summed E-state index contributed by atoms with van der Waals surface area (Å²) in [6, 6.07) is 1.93. The molecule has 0 aliphatic heterocycles. The zero-order valence-corrected chi connectivity index (χ0v) is 7.38. The van der Waals surface area contributed by atoms with E-state index >= 15 is 0 Å². The van der Waals surface area contributed by atoms with E-state index in [2.05, 4.69) is 0 Å². The summed E-state index contributed by atoms with van der Waals surface area (Å²) in [6.07, 6.45) is 4.92. The number of aldehydes is 1. The summed E-state index contributed by atoms with van der Waals surface area (Å²) in [5.74, 6) is 0. The van der Waals surface area contributed by atoms with Gasteiger partial charge in [0, 0.05) is 11.3 Å². The molecule has 2 nitrogen and oxygen atoms in total. The predicted molar refractivity (Wildman–Crippen MR) is 50.0 cm³/mol. The van der Waals surface area contributed by atoms with Crippen LogP contribution in [0.25, 0.3) is 6.08 Å². The maximum atomic E-state index is 9.99. The Bertz CT molecular complexity index is 276. The van der Waals surface area contributed by atoms with E-state index in [-0.39, 0.29) is 6.61 Å². The average molecular weight is 182 g/mol. The molecule has 0 fully saturated rings. The number of carbonyl (C=O) groups excluding carboxylic acids is 1. The third kappa shape index (κ3) is 2.29. The van der Waals surface area contributed by atoms with Crippen molar-refractivity contribution in [2.75, 3.05) is 0 Å². The van der Waals surface area contributed by atoms with Gasteiger partial charge in [-0.05, 0) is 17.0 Å². The summed E-state index contributed by atoms with van der Waals surface area (Å²) >= 11 is 1.52. The molecule has 1 heterocycles. The van der Waals surface area contributed by atoms with Crippen LogP contribution in [0.1, 0.15) is 16.9 Å². The molecule has 0 saturated carbocycles. The number of aliphatic hydroxyl groups is 1. The first kappa shape index (κ1) is 9.16. The van der Waals surface area contributed by atoms with Crippen molar-refractivity contribution in [2.45, 2.75) is 13.0 Å². The fraction of sp³-hybridized carbons (Fsp3) is 0.222. The van der Waals surface area contributed by atoms with Gasteiger partial charge in [0.25, 0.3) is 0 Å². The number of allylic oxidation sites excluding steroid dienone is 1. The Morgan fingerprint density at radius 2 is 2.42 bits per heavy atom. The lowest BCUT2D eigenvalue weighted by molar-refractivity contribution is -0.107. The Balaban J connectivity index is 2.67. The first-order chi connectivity index (χ1) is 5.88. The monoisotopic (exact) mass is 182 g/mol. The molecule has 0 aliphatic rings. The molecule has 0 aromatic carbocycles. The van der Waals surface area contributed by atoms with Gasteiger partial charge in [0.15, 0.2) is 0 Å². The molecule has 0 aliphatic carbocycles. The number of hydrogen-bond acceptors (Lipinski definition) is 3. The van der Waals surface area contributed by atoms with E-state index in [0.717, 1.165) is 16.7 Å². The molecule has 0 amide bonds. The van der Waals surface area contributed by atoms with Crippen LogP contribution in [0.3, 0.4) is 0 Å². The van der Waals surface area contributed by atoms with Crippen LogP contribution < -0.4 is 0 Å². The van der Waals surface area contributed by atoms with Crippen molar-refractivity contribution in [3.8, 4) is 0 Å². The van der Waals surface area contributed by atoms with E-state index in [9.17, 15) is 4.79 Å². The molecule has 3 heteroatoms. The fourth-order valence-electron chi connectivity index (χ4n) is 0.878. The lowest BCUT2D eigenvalue weighted by atomic mass is 10.2. The van der Waals surface area contributed by atoms with E-state index in [4.69, 9.17) is 5.11 Å². The normalized spacial score (nSPS) is 10.8. The van der Waals surface area contributed by atoms with Gasteiger partial charge in [-0.1, -0.05) is 12.2 Å². The minimum absolute atomic E-state index is 0.0679. The van der Waals surface area contributed by atoms with Crippen LogP contribution in [0.5, 0.6) is 0 Å². The quantitative estimate of drug-likeness (QED) is 0.721. The average Bonchev–Trinajstić information content (AvgIpc) is 2.52. The number of aliphatic hydroxyl groups excluding tert-OH is 1. The van der Waals surface area contributed by atoms with Crippen LogP contribution in [0.4, 0.5) is 0 Å². The summed E-state index contributed by atoms with van der Waals surface area (Å²) in [6.45, 7) is 0.0679. The zero-order chi connectivity index (χ0) is 8.81. The van der Waals surface area contributed by atoms with Crippen molar-refractivity contribution < 1.29 is 9.90 Å². The molecule has 0 radical (unpaired) electrons. The molecule has 64 valence electrons.